The zero-order chi connectivity index (χ0) is 11.7. The third-order valence-corrected chi connectivity index (χ3v) is 2.98. The summed E-state index contributed by atoms with van der Waals surface area (Å²) >= 11 is 0. The van der Waals surface area contributed by atoms with Crippen LogP contribution in [-0.4, -0.2) is 4.98 Å². The SMILES string of the molecule is CCc1c(N)nc(C(C)C)c2ccccc12. The van der Waals surface area contributed by atoms with E-state index in [2.05, 4.69) is 50.0 Å². The monoisotopic (exact) mass is 214 g/mol. The summed E-state index contributed by atoms with van der Waals surface area (Å²) in [7, 11) is 0. The Labute approximate surface area is 96.5 Å². The maximum atomic E-state index is 6.02. The van der Waals surface area contributed by atoms with Crippen LogP contribution in [0.25, 0.3) is 10.8 Å². The predicted octanol–water partition coefficient (Wildman–Crippen LogP) is 3.50. The van der Waals surface area contributed by atoms with E-state index in [1.54, 1.807) is 0 Å². The van der Waals surface area contributed by atoms with Gasteiger partial charge in [0.2, 0.25) is 0 Å². The molecule has 2 aromatic rings. The summed E-state index contributed by atoms with van der Waals surface area (Å²) in [5.74, 6) is 1.09. The van der Waals surface area contributed by atoms with E-state index in [9.17, 15) is 0 Å². The first-order valence-electron chi connectivity index (χ1n) is 5.82. The van der Waals surface area contributed by atoms with Gasteiger partial charge in [-0.25, -0.2) is 4.98 Å². The Balaban J connectivity index is 2.86. The minimum Gasteiger partial charge on any atom is -0.383 e. The highest BCUT2D eigenvalue weighted by Gasteiger charge is 2.12. The number of benzene rings is 1. The highest BCUT2D eigenvalue weighted by molar-refractivity contribution is 5.90. The average molecular weight is 214 g/mol. The number of aromatic nitrogens is 1. The van der Waals surface area contributed by atoms with Gasteiger partial charge in [-0.2, -0.15) is 0 Å². The first-order valence-corrected chi connectivity index (χ1v) is 5.82. The molecule has 2 N–H and O–H groups in total. The molecule has 0 aliphatic carbocycles. The number of nitrogens with zero attached hydrogens (tertiary/aromatic N) is 1. The molecule has 0 saturated carbocycles. The third-order valence-electron chi connectivity index (χ3n) is 2.98. The molecule has 84 valence electrons. The van der Waals surface area contributed by atoms with Crippen molar-refractivity contribution in [3.8, 4) is 0 Å². The Kier molecular flexibility index (Phi) is 2.82. The van der Waals surface area contributed by atoms with Crippen LogP contribution in [0.3, 0.4) is 0 Å². The summed E-state index contributed by atoms with van der Waals surface area (Å²) in [6.45, 7) is 6.43. The zero-order valence-corrected chi connectivity index (χ0v) is 10.1. The summed E-state index contributed by atoms with van der Waals surface area (Å²) < 4.78 is 0. The summed E-state index contributed by atoms with van der Waals surface area (Å²) in [5, 5.41) is 2.49. The minimum absolute atomic E-state index is 0.401. The molecule has 2 rings (SSSR count). The molecule has 0 bridgehead atoms. The Bertz CT molecular complexity index is 515. The Morgan fingerprint density at radius 3 is 2.38 bits per heavy atom. The Morgan fingerprint density at radius 2 is 1.81 bits per heavy atom. The van der Waals surface area contributed by atoms with Crippen molar-refractivity contribution in [2.45, 2.75) is 33.1 Å². The molecular weight excluding hydrogens is 196 g/mol. The quantitative estimate of drug-likeness (QED) is 0.831. The van der Waals surface area contributed by atoms with E-state index in [1.807, 2.05) is 0 Å². The molecule has 0 atom stereocenters. The van der Waals surface area contributed by atoms with E-state index >= 15 is 0 Å². The second kappa shape index (κ2) is 4.12. The standard InChI is InChI=1S/C14H18N2/c1-4-10-11-7-5-6-8-12(11)13(9(2)3)16-14(10)15/h5-9H,4H2,1-3H3,(H2,15,16). The second-order valence-electron chi connectivity index (χ2n) is 4.41. The van der Waals surface area contributed by atoms with Gasteiger partial charge in [-0.05, 0) is 17.7 Å². The van der Waals surface area contributed by atoms with Crippen LogP contribution in [0.1, 0.15) is 37.9 Å². The fourth-order valence-electron chi connectivity index (χ4n) is 2.18. The number of hydrogen-bond donors (Lipinski definition) is 1. The highest BCUT2D eigenvalue weighted by Crippen LogP contribution is 2.29. The van der Waals surface area contributed by atoms with Crippen LogP contribution in [-0.2, 0) is 6.42 Å². The Morgan fingerprint density at radius 1 is 1.19 bits per heavy atom. The van der Waals surface area contributed by atoms with Crippen LogP contribution in [0.2, 0.25) is 0 Å². The van der Waals surface area contributed by atoms with Crippen molar-refractivity contribution in [2.24, 2.45) is 0 Å². The van der Waals surface area contributed by atoms with Crippen LogP contribution >= 0.6 is 0 Å². The number of nitrogen functional groups attached to an aromatic ring is 1. The third kappa shape index (κ3) is 1.64. The van der Waals surface area contributed by atoms with Crippen LogP contribution in [0, 0.1) is 0 Å². The van der Waals surface area contributed by atoms with Gasteiger partial charge in [0, 0.05) is 10.9 Å². The predicted molar refractivity (Wildman–Crippen MR) is 69.6 cm³/mol. The van der Waals surface area contributed by atoms with Crippen LogP contribution < -0.4 is 5.73 Å². The van der Waals surface area contributed by atoms with Gasteiger partial charge in [0.1, 0.15) is 5.82 Å². The number of fused-ring (bicyclic) bond motifs is 1. The first-order chi connectivity index (χ1) is 7.65. The average Bonchev–Trinajstić information content (AvgIpc) is 2.28. The van der Waals surface area contributed by atoms with E-state index < -0.39 is 0 Å². The fraction of sp³-hybridized carbons (Fsp3) is 0.357. The molecule has 16 heavy (non-hydrogen) atoms. The number of nitrogens with two attached hydrogens (primary N) is 1. The number of rotatable bonds is 2. The van der Waals surface area contributed by atoms with E-state index in [0.29, 0.717) is 11.7 Å². The summed E-state index contributed by atoms with van der Waals surface area (Å²) in [4.78, 5) is 4.55. The maximum absolute atomic E-state index is 6.02. The fourth-order valence-corrected chi connectivity index (χ4v) is 2.18. The lowest BCUT2D eigenvalue weighted by molar-refractivity contribution is 0.834. The van der Waals surface area contributed by atoms with Gasteiger partial charge in [0.15, 0.2) is 0 Å². The van der Waals surface area contributed by atoms with Crippen molar-refractivity contribution in [3.63, 3.8) is 0 Å². The van der Waals surface area contributed by atoms with E-state index in [-0.39, 0.29) is 0 Å². The molecule has 0 fully saturated rings. The number of pyridine rings is 1. The lowest BCUT2D eigenvalue weighted by atomic mass is 9.97. The molecule has 0 radical (unpaired) electrons. The van der Waals surface area contributed by atoms with Gasteiger partial charge < -0.3 is 5.73 Å². The van der Waals surface area contributed by atoms with Crippen molar-refractivity contribution < 1.29 is 0 Å². The van der Waals surface area contributed by atoms with Gasteiger partial charge in [0.25, 0.3) is 0 Å². The molecule has 2 heteroatoms. The largest absolute Gasteiger partial charge is 0.383 e. The summed E-state index contributed by atoms with van der Waals surface area (Å²) in [6, 6.07) is 8.39. The first kappa shape index (κ1) is 10.9. The highest BCUT2D eigenvalue weighted by atomic mass is 14.9. The van der Waals surface area contributed by atoms with Crippen molar-refractivity contribution in [1.82, 2.24) is 4.98 Å². The minimum atomic E-state index is 0.401. The van der Waals surface area contributed by atoms with E-state index in [0.717, 1.165) is 12.1 Å². The van der Waals surface area contributed by atoms with Crippen LogP contribution in [0.4, 0.5) is 5.82 Å². The molecule has 1 aromatic carbocycles. The molecule has 0 unspecified atom stereocenters. The number of anilines is 1. The number of hydrogen-bond acceptors (Lipinski definition) is 2. The molecule has 2 nitrogen and oxygen atoms in total. The van der Waals surface area contributed by atoms with Crippen molar-refractivity contribution >= 4 is 16.6 Å². The lowest BCUT2D eigenvalue weighted by Crippen LogP contribution is -2.03. The smallest absolute Gasteiger partial charge is 0.127 e. The number of aryl methyl sites for hydroxylation is 1. The Hall–Kier alpha value is -1.57. The van der Waals surface area contributed by atoms with Crippen molar-refractivity contribution in [3.05, 3.63) is 35.5 Å². The summed E-state index contributed by atoms with van der Waals surface area (Å²) in [5.41, 5.74) is 8.29. The molecule has 0 aliphatic rings. The van der Waals surface area contributed by atoms with E-state index in [1.165, 1.54) is 16.3 Å². The normalized spacial score (nSPS) is 11.2. The lowest BCUT2D eigenvalue weighted by Gasteiger charge is -2.14. The zero-order valence-electron chi connectivity index (χ0n) is 10.1. The van der Waals surface area contributed by atoms with E-state index in [4.69, 9.17) is 5.73 Å². The second-order valence-corrected chi connectivity index (χ2v) is 4.41. The molecule has 0 spiro atoms. The van der Waals surface area contributed by atoms with Gasteiger partial charge in [-0.3, -0.25) is 0 Å². The van der Waals surface area contributed by atoms with Gasteiger partial charge in [-0.1, -0.05) is 45.0 Å². The van der Waals surface area contributed by atoms with Crippen molar-refractivity contribution in [1.29, 1.82) is 0 Å². The molecule has 0 aliphatic heterocycles. The van der Waals surface area contributed by atoms with Crippen molar-refractivity contribution in [2.75, 3.05) is 5.73 Å². The molecule has 1 heterocycles. The van der Waals surface area contributed by atoms with Crippen LogP contribution in [0.5, 0.6) is 0 Å². The molecular formula is C14H18N2. The molecule has 1 aromatic heterocycles. The maximum Gasteiger partial charge on any atom is 0.127 e. The summed E-state index contributed by atoms with van der Waals surface area (Å²) in [6.07, 6.45) is 0.928. The van der Waals surface area contributed by atoms with Gasteiger partial charge >= 0.3 is 0 Å². The van der Waals surface area contributed by atoms with Crippen LogP contribution in [0.15, 0.2) is 24.3 Å². The van der Waals surface area contributed by atoms with Gasteiger partial charge in [0.05, 0.1) is 5.69 Å². The van der Waals surface area contributed by atoms with Gasteiger partial charge in [-0.15, -0.1) is 0 Å². The molecule has 0 amide bonds. The topological polar surface area (TPSA) is 38.9 Å². The molecule has 0 saturated heterocycles.